The molecule has 0 spiro atoms. The Labute approximate surface area is 161 Å². The monoisotopic (exact) mass is 378 g/mol. The van der Waals surface area contributed by atoms with Crippen molar-refractivity contribution in [2.75, 3.05) is 33.4 Å². The summed E-state index contributed by atoms with van der Waals surface area (Å²) in [4.78, 5) is 14.2. The van der Waals surface area contributed by atoms with Crippen LogP contribution in [-0.4, -0.2) is 44.2 Å². The average molecular weight is 379 g/mol. The van der Waals surface area contributed by atoms with E-state index in [1.165, 1.54) is 5.56 Å². The molecule has 0 radical (unpaired) electrons. The van der Waals surface area contributed by atoms with Gasteiger partial charge in [0.2, 0.25) is 0 Å². The number of nitrogens with two attached hydrogens (primary N) is 1. The zero-order chi connectivity index (χ0) is 18.1. The Morgan fingerprint density at radius 1 is 1.08 bits per heavy atom. The van der Waals surface area contributed by atoms with Crippen molar-refractivity contribution in [2.24, 2.45) is 5.73 Å². The van der Waals surface area contributed by atoms with Crippen molar-refractivity contribution >= 4 is 18.3 Å². The predicted molar refractivity (Wildman–Crippen MR) is 106 cm³/mol. The van der Waals surface area contributed by atoms with E-state index in [4.69, 9.17) is 15.2 Å². The highest BCUT2D eigenvalue weighted by Crippen LogP contribution is 2.27. The van der Waals surface area contributed by atoms with Gasteiger partial charge in [-0.15, -0.1) is 12.4 Å². The summed E-state index contributed by atoms with van der Waals surface area (Å²) in [5, 5.41) is 0. The topological polar surface area (TPSA) is 64.8 Å². The minimum absolute atomic E-state index is 0. The number of aryl methyl sites for hydroxylation is 1. The van der Waals surface area contributed by atoms with Gasteiger partial charge in [-0.3, -0.25) is 4.79 Å². The number of amides is 1. The van der Waals surface area contributed by atoms with Crippen LogP contribution < -0.4 is 15.2 Å². The molecule has 0 atom stereocenters. The van der Waals surface area contributed by atoms with Crippen molar-refractivity contribution < 1.29 is 14.3 Å². The molecule has 0 fully saturated rings. The maximum Gasteiger partial charge on any atom is 0.260 e. The molecule has 2 rings (SSSR count). The zero-order valence-electron chi connectivity index (χ0n) is 15.3. The minimum atomic E-state index is -0.0796. The Hall–Kier alpha value is -2.24. The van der Waals surface area contributed by atoms with Gasteiger partial charge < -0.3 is 20.1 Å². The van der Waals surface area contributed by atoms with Crippen molar-refractivity contribution in [2.45, 2.75) is 13.3 Å². The van der Waals surface area contributed by atoms with Crippen molar-refractivity contribution in [1.29, 1.82) is 0 Å². The number of halogens is 1. The van der Waals surface area contributed by atoms with Crippen LogP contribution in [0.25, 0.3) is 0 Å². The molecule has 0 aliphatic rings. The minimum Gasteiger partial charge on any atom is -0.493 e. The quantitative estimate of drug-likeness (QED) is 0.728. The van der Waals surface area contributed by atoms with E-state index in [1.807, 2.05) is 43.3 Å². The zero-order valence-corrected chi connectivity index (χ0v) is 16.1. The second-order valence-electron chi connectivity index (χ2n) is 5.85. The fraction of sp³-hybridized carbons (Fsp3) is 0.350. The van der Waals surface area contributed by atoms with Crippen LogP contribution in [0, 0.1) is 6.92 Å². The van der Waals surface area contributed by atoms with Gasteiger partial charge >= 0.3 is 0 Å². The SMILES string of the molecule is COc1cc(C)ccc1OCC(=O)N(CCN)CCc1ccccc1.Cl. The smallest absolute Gasteiger partial charge is 0.260 e. The molecule has 2 aromatic rings. The molecule has 0 unspecified atom stereocenters. The summed E-state index contributed by atoms with van der Waals surface area (Å²) in [6, 6.07) is 15.7. The molecule has 26 heavy (non-hydrogen) atoms. The van der Waals surface area contributed by atoms with Gasteiger partial charge in [-0.25, -0.2) is 0 Å². The van der Waals surface area contributed by atoms with E-state index in [2.05, 4.69) is 12.1 Å². The van der Waals surface area contributed by atoms with Crippen LogP contribution in [0.5, 0.6) is 11.5 Å². The maximum absolute atomic E-state index is 12.5. The lowest BCUT2D eigenvalue weighted by molar-refractivity contribution is -0.133. The molecule has 1 amide bonds. The normalized spacial score (nSPS) is 9.96. The van der Waals surface area contributed by atoms with Crippen LogP contribution >= 0.6 is 12.4 Å². The summed E-state index contributed by atoms with van der Waals surface area (Å²) >= 11 is 0. The molecule has 0 saturated heterocycles. The maximum atomic E-state index is 12.5. The third kappa shape index (κ3) is 6.58. The Morgan fingerprint density at radius 3 is 2.46 bits per heavy atom. The molecule has 0 aromatic heterocycles. The average Bonchev–Trinajstić information content (AvgIpc) is 2.64. The number of hydrogen-bond acceptors (Lipinski definition) is 4. The third-order valence-electron chi connectivity index (χ3n) is 3.94. The molecule has 0 heterocycles. The van der Waals surface area contributed by atoms with Crippen LogP contribution in [-0.2, 0) is 11.2 Å². The summed E-state index contributed by atoms with van der Waals surface area (Å²) < 4.78 is 11.0. The van der Waals surface area contributed by atoms with E-state index in [-0.39, 0.29) is 24.9 Å². The first-order valence-corrected chi connectivity index (χ1v) is 8.43. The van der Waals surface area contributed by atoms with Crippen LogP contribution in [0.4, 0.5) is 0 Å². The Bertz CT molecular complexity index is 680. The molecule has 6 heteroatoms. The first-order chi connectivity index (χ1) is 12.1. The number of benzene rings is 2. The van der Waals surface area contributed by atoms with E-state index in [0.29, 0.717) is 31.1 Å². The summed E-state index contributed by atoms with van der Waals surface area (Å²) in [7, 11) is 1.59. The van der Waals surface area contributed by atoms with Crippen LogP contribution in [0.3, 0.4) is 0 Å². The number of nitrogens with zero attached hydrogens (tertiary/aromatic N) is 1. The number of carbonyl (C=O) groups excluding carboxylic acids is 1. The lowest BCUT2D eigenvalue weighted by atomic mass is 10.1. The lowest BCUT2D eigenvalue weighted by Crippen LogP contribution is -2.39. The molecule has 0 aliphatic heterocycles. The van der Waals surface area contributed by atoms with Crippen LogP contribution in [0.1, 0.15) is 11.1 Å². The van der Waals surface area contributed by atoms with Gasteiger partial charge in [0.1, 0.15) is 0 Å². The fourth-order valence-corrected chi connectivity index (χ4v) is 2.55. The number of ether oxygens (including phenoxy) is 2. The van der Waals surface area contributed by atoms with Crippen molar-refractivity contribution in [3.63, 3.8) is 0 Å². The molecule has 0 aliphatic carbocycles. The summed E-state index contributed by atoms with van der Waals surface area (Å²) in [5.41, 5.74) is 7.92. The fourth-order valence-electron chi connectivity index (χ4n) is 2.55. The third-order valence-corrected chi connectivity index (χ3v) is 3.94. The van der Waals surface area contributed by atoms with E-state index in [1.54, 1.807) is 12.0 Å². The van der Waals surface area contributed by atoms with Gasteiger partial charge in [0, 0.05) is 19.6 Å². The summed E-state index contributed by atoms with van der Waals surface area (Å²) in [6.07, 6.45) is 0.792. The first-order valence-electron chi connectivity index (χ1n) is 8.43. The van der Waals surface area contributed by atoms with Gasteiger partial charge in [-0.05, 0) is 36.6 Å². The van der Waals surface area contributed by atoms with Gasteiger partial charge in [0.15, 0.2) is 18.1 Å². The molecule has 5 nitrogen and oxygen atoms in total. The van der Waals surface area contributed by atoms with Gasteiger partial charge in [0.05, 0.1) is 7.11 Å². The van der Waals surface area contributed by atoms with Gasteiger partial charge in [-0.1, -0.05) is 36.4 Å². The second-order valence-corrected chi connectivity index (χ2v) is 5.85. The van der Waals surface area contributed by atoms with E-state index in [9.17, 15) is 4.79 Å². The largest absolute Gasteiger partial charge is 0.493 e. The number of carbonyl (C=O) groups is 1. The summed E-state index contributed by atoms with van der Waals surface area (Å²) in [6.45, 7) is 3.50. The number of rotatable bonds is 9. The van der Waals surface area contributed by atoms with Crippen molar-refractivity contribution in [3.8, 4) is 11.5 Å². The molecular weight excluding hydrogens is 352 g/mol. The highest BCUT2D eigenvalue weighted by Gasteiger charge is 2.15. The number of hydrogen-bond donors (Lipinski definition) is 1. The Kier molecular flexibility index (Phi) is 9.55. The van der Waals surface area contributed by atoms with Crippen LogP contribution in [0.15, 0.2) is 48.5 Å². The van der Waals surface area contributed by atoms with E-state index < -0.39 is 0 Å². The van der Waals surface area contributed by atoms with Crippen LogP contribution in [0.2, 0.25) is 0 Å². The van der Waals surface area contributed by atoms with Crippen molar-refractivity contribution in [3.05, 3.63) is 59.7 Å². The Morgan fingerprint density at radius 2 is 1.81 bits per heavy atom. The van der Waals surface area contributed by atoms with Gasteiger partial charge in [0.25, 0.3) is 5.91 Å². The van der Waals surface area contributed by atoms with E-state index >= 15 is 0 Å². The lowest BCUT2D eigenvalue weighted by Gasteiger charge is -2.22. The van der Waals surface area contributed by atoms with E-state index in [0.717, 1.165) is 12.0 Å². The standard InChI is InChI=1S/C20H26N2O3.ClH/c1-16-8-9-18(19(14-16)24-2)25-15-20(23)22(13-11-21)12-10-17-6-4-3-5-7-17;/h3-9,14H,10-13,15,21H2,1-2H3;1H. The summed E-state index contributed by atoms with van der Waals surface area (Å²) in [5.74, 6) is 1.11. The molecule has 0 bridgehead atoms. The predicted octanol–water partition coefficient (Wildman–Crippen LogP) is 2.83. The molecule has 142 valence electrons. The molecular formula is C20H27ClN2O3. The first kappa shape index (κ1) is 21.8. The van der Waals surface area contributed by atoms with Crippen molar-refractivity contribution in [1.82, 2.24) is 4.90 Å². The molecule has 2 N–H and O–H groups in total. The second kappa shape index (κ2) is 11.4. The van der Waals surface area contributed by atoms with Gasteiger partial charge in [-0.2, -0.15) is 0 Å². The molecule has 2 aromatic carbocycles. The molecule has 0 saturated carbocycles. The number of methoxy groups -OCH3 is 1. The highest BCUT2D eigenvalue weighted by molar-refractivity contribution is 5.85. The Balaban J connectivity index is 0.00000338. The highest BCUT2D eigenvalue weighted by atomic mass is 35.5.